The quantitative estimate of drug-likeness (QED) is 0.408. The van der Waals surface area contributed by atoms with E-state index in [-0.39, 0.29) is 16.3 Å². The lowest BCUT2D eigenvalue weighted by Crippen LogP contribution is -2.36. The third kappa shape index (κ3) is 7.90. The predicted octanol–water partition coefficient (Wildman–Crippen LogP) is 4.34. The molecular formula is C21H36N2O2S2. The van der Waals surface area contributed by atoms with Crippen LogP contribution in [-0.2, 0) is 10.2 Å². The van der Waals surface area contributed by atoms with Gasteiger partial charge in [0.1, 0.15) is 0 Å². The van der Waals surface area contributed by atoms with E-state index < -0.39 is 0 Å². The van der Waals surface area contributed by atoms with Crippen LogP contribution in [0.25, 0.3) is 0 Å². The zero-order chi connectivity index (χ0) is 21.6. The van der Waals surface area contributed by atoms with Crippen LogP contribution in [0.2, 0.25) is 0 Å². The molecule has 0 amide bonds. The van der Waals surface area contributed by atoms with E-state index in [0.29, 0.717) is 30.8 Å². The summed E-state index contributed by atoms with van der Waals surface area (Å²) >= 11 is 10.1. The first-order valence-corrected chi connectivity index (χ1v) is 10.0. The first kappa shape index (κ1) is 26.1. The Balaban J connectivity index is 0.000000636. The highest BCUT2D eigenvalue weighted by Gasteiger charge is 2.29. The van der Waals surface area contributed by atoms with E-state index in [2.05, 4.69) is 48.1 Å². The van der Waals surface area contributed by atoms with Gasteiger partial charge in [-0.25, -0.2) is 0 Å². The Morgan fingerprint density at radius 1 is 1.19 bits per heavy atom. The van der Waals surface area contributed by atoms with Crippen molar-refractivity contribution in [3.8, 4) is 0 Å². The van der Waals surface area contributed by atoms with Gasteiger partial charge in [0.25, 0.3) is 0 Å². The molecule has 0 atom stereocenters. The van der Waals surface area contributed by atoms with Crippen molar-refractivity contribution in [2.45, 2.75) is 53.9 Å². The van der Waals surface area contributed by atoms with Gasteiger partial charge in [-0.05, 0) is 23.3 Å². The highest BCUT2D eigenvalue weighted by molar-refractivity contribution is 7.80. The van der Waals surface area contributed by atoms with Crippen molar-refractivity contribution in [1.82, 2.24) is 0 Å². The normalized spacial score (nSPS) is 11.7. The summed E-state index contributed by atoms with van der Waals surface area (Å²) in [6.45, 7) is 20.7. The average Bonchev–Trinajstić information content (AvgIpc) is 2.53. The van der Waals surface area contributed by atoms with Gasteiger partial charge in [0.15, 0.2) is 0 Å². The molecular weight excluding hydrogens is 376 g/mol. The second kappa shape index (κ2) is 10.6. The molecule has 0 heterocycles. The summed E-state index contributed by atoms with van der Waals surface area (Å²) in [5.74, 6) is 0. The summed E-state index contributed by atoms with van der Waals surface area (Å²) in [6.07, 6.45) is 0. The molecule has 0 aliphatic rings. The molecule has 154 valence electrons. The Labute approximate surface area is 175 Å². The average molecular weight is 413 g/mol. The molecule has 1 aromatic rings. The fraction of sp³-hybridized carbons (Fsp3) is 0.667. The van der Waals surface area contributed by atoms with Gasteiger partial charge in [0.2, 0.25) is 5.43 Å². The maximum Gasteiger partial charge on any atom is 0.220 e. The van der Waals surface area contributed by atoms with Gasteiger partial charge in [-0.2, -0.15) is 0 Å². The molecule has 0 saturated carbocycles. The van der Waals surface area contributed by atoms with E-state index in [1.807, 2.05) is 18.9 Å². The highest BCUT2D eigenvalue weighted by Crippen LogP contribution is 2.32. The standard InChI is InChI=1S/C13H22N2O2S.C8H14S/c1-13(2,3)9-10(11(16)12(9)18)15(4)6-8-17-7-5-14;1-6(7(2)9)8(3,4)5/h5-8,14H2,1-4H3;1H2,2-5H3. The number of hydrogen-bond donors (Lipinski definition) is 1. The lowest BCUT2D eigenvalue weighted by molar-refractivity contribution is 0.148. The monoisotopic (exact) mass is 412 g/mol. The van der Waals surface area contributed by atoms with Gasteiger partial charge in [-0.15, -0.1) is 0 Å². The number of thiocarbonyl (C=S) groups is 1. The van der Waals surface area contributed by atoms with Crippen LogP contribution in [0.4, 0.5) is 5.69 Å². The van der Waals surface area contributed by atoms with Crippen molar-refractivity contribution < 1.29 is 4.74 Å². The Hall–Kier alpha value is -0.950. The molecule has 1 rings (SSSR count). The molecule has 2 N–H and O–H groups in total. The Morgan fingerprint density at radius 3 is 2.04 bits per heavy atom. The van der Waals surface area contributed by atoms with Crippen molar-refractivity contribution >= 4 is 35.0 Å². The molecule has 27 heavy (non-hydrogen) atoms. The van der Waals surface area contributed by atoms with E-state index in [4.69, 9.17) is 34.9 Å². The maximum absolute atomic E-state index is 11.8. The molecule has 6 heteroatoms. The summed E-state index contributed by atoms with van der Waals surface area (Å²) in [6, 6.07) is 0. The van der Waals surface area contributed by atoms with E-state index in [9.17, 15) is 4.79 Å². The summed E-state index contributed by atoms with van der Waals surface area (Å²) in [5, 5.41) is 0. The molecule has 4 nitrogen and oxygen atoms in total. The molecule has 0 aromatic heterocycles. The first-order valence-electron chi connectivity index (χ1n) is 9.19. The largest absolute Gasteiger partial charge is 0.378 e. The number of hydrogen-bond acceptors (Lipinski definition) is 6. The van der Waals surface area contributed by atoms with E-state index >= 15 is 0 Å². The Morgan fingerprint density at radius 2 is 1.70 bits per heavy atom. The van der Waals surface area contributed by atoms with Gasteiger partial charge in [-0.3, -0.25) is 4.79 Å². The number of nitrogens with two attached hydrogens (primary N) is 1. The molecule has 0 saturated heterocycles. The van der Waals surface area contributed by atoms with Crippen LogP contribution in [0.1, 0.15) is 54.0 Å². The lowest BCUT2D eigenvalue weighted by Gasteiger charge is -2.30. The van der Waals surface area contributed by atoms with Crippen molar-refractivity contribution in [2.24, 2.45) is 11.1 Å². The summed E-state index contributed by atoms with van der Waals surface area (Å²) in [7, 11) is 1.90. The highest BCUT2D eigenvalue weighted by atomic mass is 32.1. The van der Waals surface area contributed by atoms with E-state index in [0.717, 1.165) is 21.7 Å². The van der Waals surface area contributed by atoms with E-state index in [1.165, 1.54) is 0 Å². The Kier molecular flexibility index (Phi) is 10.2. The van der Waals surface area contributed by atoms with Crippen molar-refractivity contribution in [1.29, 1.82) is 0 Å². The molecule has 0 radical (unpaired) electrons. The zero-order valence-corrected chi connectivity index (χ0v) is 19.8. The molecule has 1 aromatic carbocycles. The van der Waals surface area contributed by atoms with Crippen LogP contribution in [0, 0.1) is 9.93 Å². The van der Waals surface area contributed by atoms with Crippen LogP contribution in [0.5, 0.6) is 0 Å². The molecule has 0 unspecified atom stereocenters. The number of anilines is 1. The zero-order valence-electron chi connectivity index (χ0n) is 18.2. The van der Waals surface area contributed by atoms with Crippen molar-refractivity contribution in [2.75, 3.05) is 38.3 Å². The smallest absolute Gasteiger partial charge is 0.220 e. The third-order valence-corrected chi connectivity index (χ3v) is 4.82. The fourth-order valence-electron chi connectivity index (χ4n) is 2.47. The minimum atomic E-state index is -0.0906. The van der Waals surface area contributed by atoms with Gasteiger partial charge >= 0.3 is 0 Å². The lowest BCUT2D eigenvalue weighted by atomic mass is 9.82. The number of allylic oxidation sites excluding steroid dienone is 1. The van der Waals surface area contributed by atoms with Crippen LogP contribution >= 0.6 is 24.4 Å². The number of rotatable bonds is 7. The van der Waals surface area contributed by atoms with Crippen molar-refractivity contribution in [3.63, 3.8) is 0 Å². The topological polar surface area (TPSA) is 55.6 Å². The summed E-state index contributed by atoms with van der Waals surface area (Å²) < 4.78 is 5.80. The molecule has 0 spiro atoms. The Bertz CT molecular complexity index is 718. The second-order valence-electron chi connectivity index (χ2n) is 8.74. The minimum Gasteiger partial charge on any atom is -0.378 e. The second-order valence-corrected chi connectivity index (χ2v) is 9.76. The first-order chi connectivity index (χ1) is 12.2. The van der Waals surface area contributed by atoms with E-state index in [1.54, 1.807) is 0 Å². The van der Waals surface area contributed by atoms with Crippen molar-refractivity contribution in [3.05, 3.63) is 32.4 Å². The van der Waals surface area contributed by atoms with Crippen LogP contribution in [0.3, 0.4) is 0 Å². The summed E-state index contributed by atoms with van der Waals surface area (Å²) in [5.41, 5.74) is 8.18. The molecule has 0 aliphatic heterocycles. The van der Waals surface area contributed by atoms with Crippen LogP contribution < -0.4 is 16.1 Å². The SMILES string of the molecule is C=C(C(C)=S)C(C)(C)C.CN(CCOCCN)c1c(C(C)(C)C)c(=S)c1=O. The van der Waals surface area contributed by atoms with Gasteiger partial charge in [0.05, 0.1) is 23.4 Å². The number of ether oxygens (including phenoxy) is 1. The minimum absolute atomic E-state index is 0.0174. The predicted molar refractivity (Wildman–Crippen MR) is 125 cm³/mol. The summed E-state index contributed by atoms with van der Waals surface area (Å²) in [4.78, 5) is 14.7. The molecule has 0 bridgehead atoms. The van der Waals surface area contributed by atoms with Gasteiger partial charge < -0.3 is 15.4 Å². The molecule has 0 fully saturated rings. The number of nitrogens with zero attached hydrogens (tertiary/aromatic N) is 1. The van der Waals surface area contributed by atoms with Crippen LogP contribution in [0.15, 0.2) is 16.9 Å². The fourth-order valence-corrected chi connectivity index (χ4v) is 3.27. The van der Waals surface area contributed by atoms with Gasteiger partial charge in [-0.1, -0.05) is 72.6 Å². The third-order valence-electron chi connectivity index (χ3n) is 4.18. The van der Waals surface area contributed by atoms with Gasteiger partial charge in [0, 0.05) is 30.6 Å². The van der Waals surface area contributed by atoms with Crippen LogP contribution in [-0.4, -0.2) is 38.2 Å². The number of likely N-dealkylation sites (N-methyl/N-ethyl adjacent to an activating group) is 1. The maximum atomic E-state index is 11.8. The molecule has 0 aliphatic carbocycles.